The second-order valence-corrected chi connectivity index (χ2v) is 1.87. The molecule has 0 aliphatic heterocycles. The van der Waals surface area contributed by atoms with Crippen LogP contribution in [0.5, 0.6) is 5.75 Å². The second-order valence-electron chi connectivity index (χ2n) is 1.87. The van der Waals surface area contributed by atoms with Gasteiger partial charge in [0.2, 0.25) is 0 Å². The van der Waals surface area contributed by atoms with E-state index in [9.17, 15) is 0 Å². The largest absolute Gasteiger partial charge is 0.508 e. The van der Waals surface area contributed by atoms with Gasteiger partial charge in [-0.2, -0.15) is 0 Å². The molecule has 1 radical (unpaired) electrons. The van der Waals surface area contributed by atoms with Gasteiger partial charge in [-0.1, -0.05) is 12.1 Å². The molecule has 2 nitrogen and oxygen atoms in total. The van der Waals surface area contributed by atoms with Crippen LogP contribution in [0.4, 0.5) is 0 Å². The van der Waals surface area contributed by atoms with Gasteiger partial charge in [0.15, 0.2) is 0 Å². The van der Waals surface area contributed by atoms with Crippen LogP contribution in [0.15, 0.2) is 24.3 Å². The third-order valence-corrected chi connectivity index (χ3v) is 1.17. The summed E-state index contributed by atoms with van der Waals surface area (Å²) in [5.41, 5.74) is 6.35. The van der Waals surface area contributed by atoms with Crippen LogP contribution in [0, 0.1) is 0 Å². The Kier molecular flexibility index (Phi) is 4.30. The molecule has 0 aromatic heterocycles. The van der Waals surface area contributed by atoms with Crippen LogP contribution in [0.3, 0.4) is 0 Å². The van der Waals surface area contributed by atoms with Crippen molar-refractivity contribution in [3.8, 4) is 5.75 Å². The van der Waals surface area contributed by atoms with Crippen LogP contribution >= 0.6 is 0 Å². The van der Waals surface area contributed by atoms with E-state index in [1.54, 1.807) is 24.3 Å². The summed E-state index contributed by atoms with van der Waals surface area (Å²) in [6.07, 6.45) is 0. The molecule has 0 saturated carbocycles. The SMILES string of the molecule is NCc1ccc(O)cc1.[Re]. The van der Waals surface area contributed by atoms with Crippen molar-refractivity contribution in [2.24, 2.45) is 5.73 Å². The van der Waals surface area contributed by atoms with Crippen molar-refractivity contribution < 1.29 is 25.5 Å². The maximum absolute atomic E-state index is 8.81. The Morgan fingerprint density at radius 2 is 1.70 bits per heavy atom. The zero-order chi connectivity index (χ0) is 6.69. The number of nitrogens with two attached hydrogens (primary N) is 1. The molecule has 0 bridgehead atoms. The summed E-state index contributed by atoms with van der Waals surface area (Å²) in [5.74, 6) is 0.284. The van der Waals surface area contributed by atoms with E-state index in [2.05, 4.69) is 0 Å². The molecular formula is C7H9NORe. The number of benzene rings is 1. The fraction of sp³-hybridized carbons (Fsp3) is 0.143. The summed E-state index contributed by atoms with van der Waals surface area (Å²) >= 11 is 0. The maximum Gasteiger partial charge on any atom is 0.115 e. The predicted molar refractivity (Wildman–Crippen MR) is 36.0 cm³/mol. The molecule has 0 saturated heterocycles. The zero-order valence-electron chi connectivity index (χ0n) is 5.42. The van der Waals surface area contributed by atoms with Crippen molar-refractivity contribution in [3.05, 3.63) is 29.8 Å². The van der Waals surface area contributed by atoms with Crippen LogP contribution in [0.1, 0.15) is 5.56 Å². The molecule has 0 aliphatic rings. The molecule has 10 heavy (non-hydrogen) atoms. The molecule has 0 atom stereocenters. The maximum atomic E-state index is 8.81. The van der Waals surface area contributed by atoms with Gasteiger partial charge in [-0.15, -0.1) is 0 Å². The van der Waals surface area contributed by atoms with Gasteiger partial charge in [0, 0.05) is 27.0 Å². The van der Waals surface area contributed by atoms with E-state index >= 15 is 0 Å². The molecule has 1 aromatic rings. The second kappa shape index (κ2) is 4.46. The Hall–Kier alpha value is -0.358. The van der Waals surface area contributed by atoms with Gasteiger partial charge in [0.1, 0.15) is 5.75 Å². The van der Waals surface area contributed by atoms with E-state index in [0.717, 1.165) is 5.56 Å². The van der Waals surface area contributed by atoms with Crippen molar-refractivity contribution in [2.75, 3.05) is 0 Å². The van der Waals surface area contributed by atoms with Crippen molar-refractivity contribution in [1.29, 1.82) is 0 Å². The molecule has 55 valence electrons. The summed E-state index contributed by atoms with van der Waals surface area (Å²) < 4.78 is 0. The predicted octanol–water partition coefficient (Wildman–Crippen LogP) is 0.848. The molecule has 0 fully saturated rings. The quantitative estimate of drug-likeness (QED) is 0.808. The summed E-state index contributed by atoms with van der Waals surface area (Å²) in [4.78, 5) is 0. The smallest absolute Gasteiger partial charge is 0.115 e. The first-order chi connectivity index (χ1) is 4.33. The summed E-state index contributed by atoms with van der Waals surface area (Å²) in [7, 11) is 0. The van der Waals surface area contributed by atoms with E-state index in [1.807, 2.05) is 0 Å². The standard InChI is InChI=1S/C7H9NO.Re/c8-5-6-1-3-7(9)4-2-6;/h1-4,9H,5,8H2;. The van der Waals surface area contributed by atoms with Crippen LogP contribution in [-0.4, -0.2) is 5.11 Å². The topological polar surface area (TPSA) is 46.2 Å². The summed E-state index contributed by atoms with van der Waals surface area (Å²) in [6.45, 7) is 0.528. The Bertz CT molecular complexity index is 185. The van der Waals surface area contributed by atoms with Crippen molar-refractivity contribution in [2.45, 2.75) is 6.54 Å². The van der Waals surface area contributed by atoms with E-state index in [-0.39, 0.29) is 26.2 Å². The number of aromatic hydroxyl groups is 1. The Balaban J connectivity index is 0.000000810. The molecule has 3 heteroatoms. The van der Waals surface area contributed by atoms with Gasteiger partial charge >= 0.3 is 0 Å². The average Bonchev–Trinajstić information content (AvgIpc) is 1.90. The van der Waals surface area contributed by atoms with Crippen LogP contribution in [0.2, 0.25) is 0 Å². The van der Waals surface area contributed by atoms with Gasteiger partial charge in [0.25, 0.3) is 0 Å². The average molecular weight is 309 g/mol. The van der Waals surface area contributed by atoms with Crippen molar-refractivity contribution in [1.82, 2.24) is 0 Å². The fourth-order valence-electron chi connectivity index (χ4n) is 0.632. The van der Waals surface area contributed by atoms with Gasteiger partial charge in [-0.05, 0) is 17.7 Å². The molecule has 0 aliphatic carbocycles. The monoisotopic (exact) mass is 310 g/mol. The first-order valence-corrected chi connectivity index (χ1v) is 2.81. The first-order valence-electron chi connectivity index (χ1n) is 2.81. The fourth-order valence-corrected chi connectivity index (χ4v) is 0.632. The van der Waals surface area contributed by atoms with Gasteiger partial charge in [0.05, 0.1) is 0 Å². The molecular weight excluding hydrogens is 300 g/mol. The molecule has 1 aromatic carbocycles. The first kappa shape index (κ1) is 9.64. The van der Waals surface area contributed by atoms with E-state index in [4.69, 9.17) is 10.8 Å². The third kappa shape index (κ3) is 2.49. The zero-order valence-corrected chi connectivity index (χ0v) is 8.13. The summed E-state index contributed by atoms with van der Waals surface area (Å²) in [5, 5.41) is 8.81. The van der Waals surface area contributed by atoms with Crippen molar-refractivity contribution in [3.63, 3.8) is 0 Å². The van der Waals surface area contributed by atoms with Crippen LogP contribution in [0.25, 0.3) is 0 Å². The van der Waals surface area contributed by atoms with Gasteiger partial charge in [-0.3, -0.25) is 0 Å². The molecule has 1 rings (SSSR count). The number of hydrogen-bond donors (Lipinski definition) is 2. The molecule has 0 amide bonds. The molecule has 0 spiro atoms. The summed E-state index contributed by atoms with van der Waals surface area (Å²) in [6, 6.07) is 6.86. The number of hydrogen-bond acceptors (Lipinski definition) is 2. The normalized spacial score (nSPS) is 8.50. The van der Waals surface area contributed by atoms with Gasteiger partial charge < -0.3 is 10.8 Å². The third-order valence-electron chi connectivity index (χ3n) is 1.17. The minimum atomic E-state index is 0. The molecule has 0 heterocycles. The van der Waals surface area contributed by atoms with Crippen molar-refractivity contribution >= 4 is 0 Å². The number of phenolic OH excluding ortho intramolecular Hbond substituents is 1. The Morgan fingerprint density at radius 3 is 2.10 bits per heavy atom. The van der Waals surface area contributed by atoms with E-state index in [1.165, 1.54) is 0 Å². The van der Waals surface area contributed by atoms with E-state index < -0.39 is 0 Å². The molecule has 0 unspecified atom stereocenters. The Morgan fingerprint density at radius 1 is 1.20 bits per heavy atom. The Labute approximate surface area is 73.7 Å². The van der Waals surface area contributed by atoms with Gasteiger partial charge in [-0.25, -0.2) is 0 Å². The number of phenols is 1. The van der Waals surface area contributed by atoms with Crippen LogP contribution < -0.4 is 5.73 Å². The van der Waals surface area contributed by atoms with Crippen LogP contribution in [-0.2, 0) is 27.0 Å². The number of rotatable bonds is 1. The minimum absolute atomic E-state index is 0. The minimum Gasteiger partial charge on any atom is -0.508 e. The molecule has 3 N–H and O–H groups in total. The van der Waals surface area contributed by atoms with E-state index in [0.29, 0.717) is 6.54 Å².